The number of nitrogens with zero attached hydrogens (tertiary/aromatic N) is 1. The van der Waals surface area contributed by atoms with Crippen LogP contribution in [0.4, 0.5) is 5.69 Å². The van der Waals surface area contributed by atoms with E-state index in [1.54, 1.807) is 18.2 Å². The number of nitrogens with one attached hydrogen (secondary N) is 1. The summed E-state index contributed by atoms with van der Waals surface area (Å²) in [5.41, 5.74) is 2.99. The molecule has 0 fully saturated rings. The Morgan fingerprint density at radius 2 is 2.05 bits per heavy atom. The van der Waals surface area contributed by atoms with Crippen LogP contribution in [-0.4, -0.2) is 17.4 Å². The lowest BCUT2D eigenvalue weighted by Gasteiger charge is -2.05. The number of nitro groups is 1. The predicted octanol–water partition coefficient (Wildman–Crippen LogP) is 2.31. The molecule has 1 aromatic carbocycles. The third-order valence-electron chi connectivity index (χ3n) is 2.12. The van der Waals surface area contributed by atoms with Crippen molar-refractivity contribution in [3.8, 4) is 0 Å². The molecule has 1 N–H and O–H groups in total. The highest BCUT2D eigenvalue weighted by Gasteiger charge is 2.02. The van der Waals surface area contributed by atoms with E-state index >= 15 is 0 Å². The molecule has 19 heavy (non-hydrogen) atoms. The largest absolute Gasteiger partial charge is 0.273 e. The highest BCUT2D eigenvalue weighted by molar-refractivity contribution is 5.90. The molecular formula is C13H16N2O4. The molecule has 1 aromatic rings. The van der Waals surface area contributed by atoms with Gasteiger partial charge in [-0.15, -0.1) is 0 Å². The van der Waals surface area contributed by atoms with Gasteiger partial charge in [0.25, 0.3) is 11.6 Å². The van der Waals surface area contributed by atoms with Gasteiger partial charge in [-0.2, -0.15) is 0 Å². The van der Waals surface area contributed by atoms with Crippen LogP contribution in [-0.2, 0) is 9.63 Å². The lowest BCUT2D eigenvalue weighted by molar-refractivity contribution is -0.384. The molecular weight excluding hydrogens is 248 g/mol. The van der Waals surface area contributed by atoms with E-state index in [9.17, 15) is 14.9 Å². The van der Waals surface area contributed by atoms with Gasteiger partial charge in [-0.05, 0) is 29.7 Å². The number of hydrogen-bond acceptors (Lipinski definition) is 4. The second-order valence-corrected chi connectivity index (χ2v) is 4.35. The zero-order valence-electron chi connectivity index (χ0n) is 10.8. The molecule has 0 saturated heterocycles. The molecule has 0 atom stereocenters. The summed E-state index contributed by atoms with van der Waals surface area (Å²) in [6, 6.07) is 5.90. The number of nitro benzene ring substituents is 1. The Hall–Kier alpha value is -2.21. The smallest absolute Gasteiger partial charge is 0.269 e. The van der Waals surface area contributed by atoms with Crippen LogP contribution in [0.25, 0.3) is 6.08 Å². The molecule has 0 unspecified atom stereocenters. The summed E-state index contributed by atoms with van der Waals surface area (Å²) in [4.78, 5) is 26.3. The summed E-state index contributed by atoms with van der Waals surface area (Å²) in [5.74, 6) is -0.0436. The Morgan fingerprint density at radius 1 is 1.42 bits per heavy atom. The average molecular weight is 264 g/mol. The van der Waals surface area contributed by atoms with Gasteiger partial charge in [0.15, 0.2) is 0 Å². The number of hydroxylamine groups is 1. The van der Waals surface area contributed by atoms with Crippen LogP contribution in [0, 0.1) is 16.0 Å². The Balaban J connectivity index is 2.47. The molecule has 0 aliphatic rings. The van der Waals surface area contributed by atoms with Gasteiger partial charge in [0.1, 0.15) is 0 Å². The second kappa shape index (κ2) is 7.27. The molecule has 0 bridgehead atoms. The first-order valence-electron chi connectivity index (χ1n) is 5.83. The first-order chi connectivity index (χ1) is 8.99. The summed E-state index contributed by atoms with van der Waals surface area (Å²) in [6.45, 7) is 4.38. The summed E-state index contributed by atoms with van der Waals surface area (Å²) >= 11 is 0. The number of non-ortho nitro benzene ring substituents is 1. The van der Waals surface area contributed by atoms with Crippen molar-refractivity contribution in [3.63, 3.8) is 0 Å². The van der Waals surface area contributed by atoms with Gasteiger partial charge >= 0.3 is 0 Å². The lowest BCUT2D eigenvalue weighted by atomic mass is 10.2. The predicted molar refractivity (Wildman–Crippen MR) is 71.1 cm³/mol. The normalized spacial score (nSPS) is 10.9. The van der Waals surface area contributed by atoms with Gasteiger partial charge in [-0.1, -0.05) is 13.8 Å². The minimum Gasteiger partial charge on any atom is -0.273 e. The van der Waals surface area contributed by atoms with E-state index in [2.05, 4.69) is 5.48 Å². The van der Waals surface area contributed by atoms with Gasteiger partial charge < -0.3 is 0 Å². The lowest BCUT2D eigenvalue weighted by Crippen LogP contribution is -2.23. The monoisotopic (exact) mass is 264 g/mol. The molecule has 0 aliphatic carbocycles. The van der Waals surface area contributed by atoms with Crippen LogP contribution in [0.5, 0.6) is 0 Å². The van der Waals surface area contributed by atoms with Crippen LogP contribution in [0.1, 0.15) is 19.4 Å². The number of benzene rings is 1. The van der Waals surface area contributed by atoms with E-state index in [1.807, 2.05) is 13.8 Å². The highest BCUT2D eigenvalue weighted by atomic mass is 16.7. The van der Waals surface area contributed by atoms with Crippen LogP contribution < -0.4 is 5.48 Å². The zero-order chi connectivity index (χ0) is 14.3. The van der Waals surface area contributed by atoms with Crippen LogP contribution >= 0.6 is 0 Å². The average Bonchev–Trinajstić information content (AvgIpc) is 2.36. The molecule has 0 spiro atoms. The van der Waals surface area contributed by atoms with Crippen molar-refractivity contribution in [2.24, 2.45) is 5.92 Å². The van der Waals surface area contributed by atoms with Crippen molar-refractivity contribution in [1.82, 2.24) is 5.48 Å². The van der Waals surface area contributed by atoms with E-state index in [0.29, 0.717) is 18.1 Å². The van der Waals surface area contributed by atoms with E-state index in [1.165, 1.54) is 18.2 Å². The van der Waals surface area contributed by atoms with Crippen molar-refractivity contribution in [3.05, 3.63) is 46.0 Å². The summed E-state index contributed by atoms with van der Waals surface area (Å²) in [7, 11) is 0. The van der Waals surface area contributed by atoms with Crippen LogP contribution in [0.15, 0.2) is 30.3 Å². The molecule has 0 radical (unpaired) electrons. The van der Waals surface area contributed by atoms with Crippen molar-refractivity contribution in [2.75, 3.05) is 6.61 Å². The fourth-order valence-electron chi connectivity index (χ4n) is 1.19. The minimum absolute atomic E-state index is 0.0156. The molecule has 0 heterocycles. The van der Waals surface area contributed by atoms with Crippen molar-refractivity contribution < 1.29 is 14.6 Å². The SMILES string of the molecule is CC(C)CONC(=O)/C=C/c1ccc([N+](=O)[O-])cc1. The minimum atomic E-state index is -0.472. The molecule has 6 heteroatoms. The number of rotatable bonds is 6. The van der Waals surface area contributed by atoms with Gasteiger partial charge in [0.2, 0.25) is 0 Å². The third-order valence-corrected chi connectivity index (χ3v) is 2.12. The van der Waals surface area contributed by atoms with E-state index in [-0.39, 0.29) is 11.6 Å². The fraction of sp³-hybridized carbons (Fsp3) is 0.308. The Morgan fingerprint density at radius 3 is 2.58 bits per heavy atom. The van der Waals surface area contributed by atoms with Crippen molar-refractivity contribution >= 4 is 17.7 Å². The van der Waals surface area contributed by atoms with E-state index < -0.39 is 4.92 Å². The van der Waals surface area contributed by atoms with Crippen LogP contribution in [0.2, 0.25) is 0 Å². The quantitative estimate of drug-likeness (QED) is 0.485. The fourth-order valence-corrected chi connectivity index (χ4v) is 1.19. The number of amides is 1. The number of carbonyl (C=O) groups excluding carboxylic acids is 1. The summed E-state index contributed by atoms with van der Waals surface area (Å²) in [5, 5.41) is 10.5. The maximum Gasteiger partial charge on any atom is 0.269 e. The van der Waals surface area contributed by atoms with E-state index in [4.69, 9.17) is 4.84 Å². The van der Waals surface area contributed by atoms with Gasteiger partial charge in [0, 0.05) is 18.2 Å². The Labute approximate surface area is 111 Å². The van der Waals surface area contributed by atoms with Crippen LogP contribution in [0.3, 0.4) is 0 Å². The molecule has 1 rings (SSSR count). The standard InChI is InChI=1S/C13H16N2O4/c1-10(2)9-19-14-13(16)8-5-11-3-6-12(7-4-11)15(17)18/h3-8,10H,9H2,1-2H3,(H,14,16)/b8-5+. The summed E-state index contributed by atoms with van der Waals surface area (Å²) in [6.07, 6.45) is 2.86. The zero-order valence-corrected chi connectivity index (χ0v) is 10.8. The molecule has 1 amide bonds. The molecule has 0 aromatic heterocycles. The van der Waals surface area contributed by atoms with Gasteiger partial charge in [0.05, 0.1) is 11.5 Å². The number of carbonyl (C=O) groups is 1. The van der Waals surface area contributed by atoms with E-state index in [0.717, 1.165) is 0 Å². The second-order valence-electron chi connectivity index (χ2n) is 4.35. The maximum absolute atomic E-state index is 11.3. The maximum atomic E-state index is 11.3. The Kier molecular flexibility index (Phi) is 5.69. The first kappa shape index (κ1) is 14.8. The van der Waals surface area contributed by atoms with Gasteiger partial charge in [-0.3, -0.25) is 19.7 Å². The Bertz CT molecular complexity index is 466. The number of hydrogen-bond donors (Lipinski definition) is 1. The third kappa shape index (κ3) is 5.78. The van der Waals surface area contributed by atoms with Gasteiger partial charge in [-0.25, -0.2) is 5.48 Å². The topological polar surface area (TPSA) is 81.5 Å². The first-order valence-corrected chi connectivity index (χ1v) is 5.83. The van der Waals surface area contributed by atoms with Crippen molar-refractivity contribution in [1.29, 1.82) is 0 Å². The molecule has 102 valence electrons. The molecule has 6 nitrogen and oxygen atoms in total. The molecule has 0 saturated carbocycles. The highest BCUT2D eigenvalue weighted by Crippen LogP contribution is 2.12. The molecule has 0 aliphatic heterocycles. The summed E-state index contributed by atoms with van der Waals surface area (Å²) < 4.78 is 0. The van der Waals surface area contributed by atoms with Crippen molar-refractivity contribution in [2.45, 2.75) is 13.8 Å².